The summed E-state index contributed by atoms with van der Waals surface area (Å²) in [7, 11) is 0. The Balaban J connectivity index is 1.64. The van der Waals surface area contributed by atoms with E-state index in [0.29, 0.717) is 17.3 Å². The van der Waals surface area contributed by atoms with E-state index in [9.17, 15) is 4.79 Å². The maximum Gasteiger partial charge on any atom is 0.252 e. The van der Waals surface area contributed by atoms with Crippen molar-refractivity contribution in [1.29, 1.82) is 0 Å². The van der Waals surface area contributed by atoms with Gasteiger partial charge in [-0.15, -0.1) is 11.3 Å². The molecular formula is C13H9BrN4O2S. The number of nitrogens with one attached hydrogen (secondary N) is 1. The van der Waals surface area contributed by atoms with Gasteiger partial charge < -0.3 is 9.84 Å². The predicted molar refractivity (Wildman–Crippen MR) is 80.7 cm³/mol. The Morgan fingerprint density at radius 2 is 2.19 bits per heavy atom. The minimum Gasteiger partial charge on any atom is -0.343 e. The van der Waals surface area contributed by atoms with Gasteiger partial charge in [0.25, 0.3) is 5.91 Å². The smallest absolute Gasteiger partial charge is 0.252 e. The molecule has 0 aromatic carbocycles. The van der Waals surface area contributed by atoms with Crippen LogP contribution >= 0.6 is 27.3 Å². The van der Waals surface area contributed by atoms with Crippen LogP contribution in [-0.2, 0) is 6.54 Å². The molecule has 0 radical (unpaired) electrons. The van der Waals surface area contributed by atoms with Crippen LogP contribution in [0.1, 0.15) is 16.2 Å². The summed E-state index contributed by atoms with van der Waals surface area (Å²) in [4.78, 5) is 20.0. The van der Waals surface area contributed by atoms with Crippen molar-refractivity contribution < 1.29 is 9.32 Å². The lowest BCUT2D eigenvalue weighted by Crippen LogP contribution is -2.22. The number of amides is 1. The van der Waals surface area contributed by atoms with Gasteiger partial charge in [0.1, 0.15) is 0 Å². The fourth-order valence-corrected chi connectivity index (χ4v) is 2.77. The number of pyridine rings is 1. The second-order valence-corrected chi connectivity index (χ2v) is 6.36. The molecule has 8 heteroatoms. The molecule has 3 heterocycles. The largest absolute Gasteiger partial charge is 0.343 e. The summed E-state index contributed by atoms with van der Waals surface area (Å²) in [6.45, 7) is 0.185. The first kappa shape index (κ1) is 13.9. The lowest BCUT2D eigenvalue weighted by Gasteiger charge is -1.98. The fraction of sp³-hybridized carbons (Fsp3) is 0.0769. The fourth-order valence-electron chi connectivity index (χ4n) is 1.63. The molecule has 106 valence electrons. The van der Waals surface area contributed by atoms with Crippen LogP contribution < -0.4 is 5.32 Å². The Morgan fingerprint density at radius 3 is 2.90 bits per heavy atom. The maximum atomic E-state index is 11.9. The summed E-state index contributed by atoms with van der Waals surface area (Å²) < 4.78 is 6.02. The molecule has 3 aromatic rings. The third-order valence-electron chi connectivity index (χ3n) is 2.64. The minimum atomic E-state index is -0.180. The minimum absolute atomic E-state index is 0.180. The number of rotatable bonds is 4. The molecule has 3 aromatic heterocycles. The van der Waals surface area contributed by atoms with Gasteiger partial charge in [-0.3, -0.25) is 9.78 Å². The molecule has 6 nitrogen and oxygen atoms in total. The summed E-state index contributed by atoms with van der Waals surface area (Å²) in [5.41, 5.74) is 1.41. The van der Waals surface area contributed by atoms with Crippen LogP contribution in [0.15, 0.2) is 44.3 Å². The third-order valence-corrected chi connectivity index (χ3v) is 4.14. The predicted octanol–water partition coefficient (Wildman–Crippen LogP) is 2.89. The van der Waals surface area contributed by atoms with Crippen LogP contribution in [0.2, 0.25) is 0 Å². The molecule has 0 saturated heterocycles. The summed E-state index contributed by atoms with van der Waals surface area (Å²) >= 11 is 4.77. The highest BCUT2D eigenvalue weighted by atomic mass is 79.9. The zero-order valence-electron chi connectivity index (χ0n) is 10.6. The average molecular weight is 365 g/mol. The number of carbonyl (C=O) groups is 1. The Bertz CT molecular complexity index is 756. The van der Waals surface area contributed by atoms with E-state index in [4.69, 9.17) is 4.52 Å². The topological polar surface area (TPSA) is 80.9 Å². The lowest BCUT2D eigenvalue weighted by molar-refractivity contribution is 0.0946. The Kier molecular flexibility index (Phi) is 4.07. The van der Waals surface area contributed by atoms with E-state index >= 15 is 0 Å². The number of hydrogen-bond acceptors (Lipinski definition) is 6. The molecule has 21 heavy (non-hydrogen) atoms. The standard InChI is InChI=1S/C13H9BrN4O2S/c14-10-5-9(7-21-10)13(19)16-6-11-17-12(18-20-11)8-1-3-15-4-2-8/h1-5,7H,6H2,(H,16,19). The van der Waals surface area contributed by atoms with Gasteiger partial charge in [-0.25, -0.2) is 0 Å². The summed E-state index contributed by atoms with van der Waals surface area (Å²) in [6, 6.07) is 5.34. The summed E-state index contributed by atoms with van der Waals surface area (Å²) in [6.07, 6.45) is 3.31. The zero-order valence-corrected chi connectivity index (χ0v) is 13.0. The Labute approximate surface area is 132 Å². The second kappa shape index (κ2) is 6.15. The van der Waals surface area contributed by atoms with Crippen LogP contribution in [0.5, 0.6) is 0 Å². The van der Waals surface area contributed by atoms with Gasteiger partial charge in [-0.1, -0.05) is 5.16 Å². The molecule has 1 N–H and O–H groups in total. The number of aromatic nitrogens is 3. The van der Waals surface area contributed by atoms with Gasteiger partial charge in [-0.2, -0.15) is 4.98 Å². The molecule has 0 fully saturated rings. The molecular weight excluding hydrogens is 356 g/mol. The van der Waals surface area contributed by atoms with Crippen LogP contribution in [-0.4, -0.2) is 21.0 Å². The van der Waals surface area contributed by atoms with E-state index in [-0.39, 0.29) is 12.5 Å². The van der Waals surface area contributed by atoms with Crippen molar-refractivity contribution >= 4 is 33.2 Å². The zero-order chi connectivity index (χ0) is 14.7. The van der Waals surface area contributed by atoms with E-state index in [1.165, 1.54) is 11.3 Å². The number of carbonyl (C=O) groups excluding carboxylic acids is 1. The molecule has 1 amide bonds. The molecule has 0 bridgehead atoms. The van der Waals surface area contributed by atoms with Gasteiger partial charge in [0.2, 0.25) is 11.7 Å². The van der Waals surface area contributed by atoms with Crippen molar-refractivity contribution in [2.75, 3.05) is 0 Å². The monoisotopic (exact) mass is 364 g/mol. The molecule has 0 atom stereocenters. The highest BCUT2D eigenvalue weighted by Gasteiger charge is 2.11. The maximum absolute atomic E-state index is 11.9. The summed E-state index contributed by atoms with van der Waals surface area (Å²) in [5.74, 6) is 0.644. The highest BCUT2D eigenvalue weighted by Crippen LogP contribution is 2.20. The number of hydrogen-bond donors (Lipinski definition) is 1. The van der Waals surface area contributed by atoms with Gasteiger partial charge in [0.05, 0.1) is 15.9 Å². The number of thiophene rings is 1. The lowest BCUT2D eigenvalue weighted by atomic mass is 10.2. The second-order valence-electron chi connectivity index (χ2n) is 4.07. The van der Waals surface area contributed by atoms with E-state index < -0.39 is 0 Å². The van der Waals surface area contributed by atoms with Crippen LogP contribution in [0.4, 0.5) is 0 Å². The van der Waals surface area contributed by atoms with E-state index in [1.807, 2.05) is 0 Å². The highest BCUT2D eigenvalue weighted by molar-refractivity contribution is 9.11. The van der Waals surface area contributed by atoms with E-state index in [2.05, 4.69) is 36.4 Å². The van der Waals surface area contributed by atoms with E-state index in [0.717, 1.165) is 9.35 Å². The van der Waals surface area contributed by atoms with Crippen molar-refractivity contribution in [3.8, 4) is 11.4 Å². The number of halogens is 1. The van der Waals surface area contributed by atoms with Gasteiger partial charge in [0.15, 0.2) is 0 Å². The molecule has 0 aliphatic carbocycles. The SMILES string of the molecule is O=C(NCc1nc(-c2ccncc2)no1)c1csc(Br)c1. The van der Waals surface area contributed by atoms with E-state index in [1.54, 1.807) is 36.0 Å². The molecule has 0 unspecified atom stereocenters. The molecule has 0 saturated carbocycles. The normalized spacial score (nSPS) is 10.5. The van der Waals surface area contributed by atoms with Crippen molar-refractivity contribution in [1.82, 2.24) is 20.4 Å². The van der Waals surface area contributed by atoms with Crippen molar-refractivity contribution in [3.63, 3.8) is 0 Å². The first-order valence-corrected chi connectivity index (χ1v) is 7.65. The van der Waals surface area contributed by atoms with Crippen LogP contribution in [0.3, 0.4) is 0 Å². The van der Waals surface area contributed by atoms with Crippen LogP contribution in [0, 0.1) is 0 Å². The number of nitrogens with zero attached hydrogens (tertiary/aromatic N) is 3. The average Bonchev–Trinajstić information content (AvgIpc) is 3.15. The summed E-state index contributed by atoms with van der Waals surface area (Å²) in [5, 5.41) is 8.38. The molecule has 0 aliphatic heterocycles. The van der Waals surface area contributed by atoms with Gasteiger partial charge in [0, 0.05) is 23.3 Å². The van der Waals surface area contributed by atoms with Crippen molar-refractivity contribution in [2.24, 2.45) is 0 Å². The van der Waals surface area contributed by atoms with Crippen LogP contribution in [0.25, 0.3) is 11.4 Å². The third kappa shape index (κ3) is 3.34. The van der Waals surface area contributed by atoms with Crippen molar-refractivity contribution in [2.45, 2.75) is 6.54 Å². The van der Waals surface area contributed by atoms with Gasteiger partial charge >= 0.3 is 0 Å². The molecule has 0 spiro atoms. The first-order chi connectivity index (χ1) is 10.2. The van der Waals surface area contributed by atoms with Crippen molar-refractivity contribution in [3.05, 3.63) is 51.2 Å². The molecule has 3 rings (SSSR count). The first-order valence-electron chi connectivity index (χ1n) is 5.97. The Morgan fingerprint density at radius 1 is 1.38 bits per heavy atom. The quantitative estimate of drug-likeness (QED) is 0.769. The van der Waals surface area contributed by atoms with Gasteiger partial charge in [-0.05, 0) is 34.1 Å². The molecule has 0 aliphatic rings. The Hall–Kier alpha value is -2.06.